The number of halogens is 1. The number of ether oxygens (including phenoxy) is 1. The van der Waals surface area contributed by atoms with Gasteiger partial charge >= 0.3 is 0 Å². The van der Waals surface area contributed by atoms with Gasteiger partial charge in [-0.2, -0.15) is 0 Å². The highest BCUT2D eigenvalue weighted by molar-refractivity contribution is 5.33. The summed E-state index contributed by atoms with van der Waals surface area (Å²) in [5.41, 5.74) is 7.32. The van der Waals surface area contributed by atoms with Crippen molar-refractivity contribution in [3.63, 3.8) is 0 Å². The molecule has 1 aromatic rings. The molecule has 3 fully saturated rings. The Labute approximate surface area is 113 Å². The third kappa shape index (κ3) is 1.57. The summed E-state index contributed by atoms with van der Waals surface area (Å²) in [5, 5.41) is 0. The molecule has 102 valence electrons. The van der Waals surface area contributed by atoms with E-state index in [4.69, 9.17) is 10.5 Å². The van der Waals surface area contributed by atoms with Crippen LogP contribution in [0, 0.1) is 35.4 Å². The molecule has 19 heavy (non-hydrogen) atoms. The third-order valence-corrected chi connectivity index (χ3v) is 5.77. The predicted molar refractivity (Wildman–Crippen MR) is 71.2 cm³/mol. The van der Waals surface area contributed by atoms with Crippen molar-refractivity contribution in [2.24, 2.45) is 35.3 Å². The SMILES string of the molecule is COc1ccc(C(N)C2C3C4CCC(C4)C32)cc1F. The predicted octanol–water partition coefficient (Wildman–Crippen LogP) is 3.13. The first-order valence-electron chi connectivity index (χ1n) is 7.29. The van der Waals surface area contributed by atoms with Crippen LogP contribution < -0.4 is 10.5 Å². The van der Waals surface area contributed by atoms with Crippen molar-refractivity contribution in [2.75, 3.05) is 7.11 Å². The zero-order chi connectivity index (χ0) is 13.1. The number of hydrogen-bond donors (Lipinski definition) is 1. The van der Waals surface area contributed by atoms with Gasteiger partial charge < -0.3 is 10.5 Å². The fourth-order valence-electron chi connectivity index (χ4n) is 4.98. The van der Waals surface area contributed by atoms with Crippen LogP contribution in [0.3, 0.4) is 0 Å². The summed E-state index contributed by atoms with van der Waals surface area (Å²) in [6, 6.07) is 5.16. The molecule has 3 aliphatic rings. The first-order valence-corrected chi connectivity index (χ1v) is 7.29. The van der Waals surface area contributed by atoms with Gasteiger partial charge in [0, 0.05) is 6.04 Å². The first-order chi connectivity index (χ1) is 9.20. The van der Waals surface area contributed by atoms with E-state index in [-0.39, 0.29) is 11.9 Å². The molecule has 0 amide bonds. The highest BCUT2D eigenvalue weighted by Gasteiger charge is 2.66. The summed E-state index contributed by atoms with van der Waals surface area (Å²) in [5.74, 6) is 4.08. The number of methoxy groups -OCH3 is 1. The second-order valence-electron chi connectivity index (χ2n) is 6.49. The Bertz CT molecular complexity index is 501. The molecule has 2 nitrogen and oxygen atoms in total. The lowest BCUT2D eigenvalue weighted by atomic mass is 9.93. The lowest BCUT2D eigenvalue weighted by Crippen LogP contribution is -2.17. The number of fused-ring (bicyclic) bond motifs is 5. The molecule has 0 aliphatic heterocycles. The average Bonchev–Trinajstić information content (AvgIpc) is 2.85. The summed E-state index contributed by atoms with van der Waals surface area (Å²) in [6.45, 7) is 0. The first kappa shape index (κ1) is 11.7. The van der Waals surface area contributed by atoms with Crippen molar-refractivity contribution in [3.8, 4) is 5.75 Å². The molecule has 2 N–H and O–H groups in total. The number of hydrogen-bond acceptors (Lipinski definition) is 2. The Kier molecular flexibility index (Phi) is 2.44. The summed E-state index contributed by atoms with van der Waals surface area (Å²) in [4.78, 5) is 0. The molecule has 0 saturated heterocycles. The van der Waals surface area contributed by atoms with E-state index >= 15 is 0 Å². The molecule has 4 rings (SSSR count). The molecular weight excluding hydrogens is 241 g/mol. The smallest absolute Gasteiger partial charge is 0.165 e. The van der Waals surface area contributed by atoms with E-state index in [2.05, 4.69) is 0 Å². The average molecular weight is 261 g/mol. The van der Waals surface area contributed by atoms with Gasteiger partial charge in [0.2, 0.25) is 0 Å². The molecule has 1 aromatic carbocycles. The van der Waals surface area contributed by atoms with E-state index in [1.807, 2.05) is 6.07 Å². The van der Waals surface area contributed by atoms with Crippen LogP contribution in [-0.4, -0.2) is 7.11 Å². The van der Waals surface area contributed by atoms with Crippen LogP contribution in [0.15, 0.2) is 18.2 Å². The minimum Gasteiger partial charge on any atom is -0.494 e. The standard InChI is InChI=1S/C16H20FNO/c1-19-12-5-4-10(7-11(12)17)16(18)15-13-8-2-3-9(6-8)14(13)15/h4-5,7-9,13-16H,2-3,6,18H2,1H3. The number of benzene rings is 1. The molecular formula is C16H20FNO. The van der Waals surface area contributed by atoms with E-state index in [0.717, 1.165) is 29.2 Å². The van der Waals surface area contributed by atoms with Gasteiger partial charge in [0.15, 0.2) is 11.6 Å². The molecule has 5 unspecified atom stereocenters. The molecule has 0 radical (unpaired) electrons. The quantitative estimate of drug-likeness (QED) is 0.907. The Morgan fingerprint density at radius 1 is 1.26 bits per heavy atom. The number of nitrogens with two attached hydrogens (primary N) is 1. The van der Waals surface area contributed by atoms with Crippen molar-refractivity contribution in [1.29, 1.82) is 0 Å². The second-order valence-corrected chi connectivity index (χ2v) is 6.49. The molecule has 0 spiro atoms. The highest BCUT2D eigenvalue weighted by Crippen LogP contribution is 2.71. The van der Waals surface area contributed by atoms with Crippen LogP contribution in [0.2, 0.25) is 0 Å². The summed E-state index contributed by atoms with van der Waals surface area (Å²) in [7, 11) is 1.49. The van der Waals surface area contributed by atoms with Crippen molar-refractivity contribution < 1.29 is 9.13 Å². The zero-order valence-corrected chi connectivity index (χ0v) is 11.2. The molecule has 3 heteroatoms. The summed E-state index contributed by atoms with van der Waals surface area (Å²) < 4.78 is 18.7. The maximum absolute atomic E-state index is 13.8. The van der Waals surface area contributed by atoms with Gasteiger partial charge in [-0.15, -0.1) is 0 Å². The largest absolute Gasteiger partial charge is 0.494 e. The van der Waals surface area contributed by atoms with Gasteiger partial charge in [0.25, 0.3) is 0 Å². The van der Waals surface area contributed by atoms with Crippen LogP contribution in [0.25, 0.3) is 0 Å². The van der Waals surface area contributed by atoms with E-state index in [0.29, 0.717) is 11.7 Å². The summed E-state index contributed by atoms with van der Waals surface area (Å²) in [6.07, 6.45) is 4.22. The normalized spacial score (nSPS) is 40.1. The van der Waals surface area contributed by atoms with E-state index in [9.17, 15) is 4.39 Å². The van der Waals surface area contributed by atoms with E-state index < -0.39 is 0 Å². The Hall–Kier alpha value is -1.09. The molecule has 3 aliphatic carbocycles. The zero-order valence-electron chi connectivity index (χ0n) is 11.2. The van der Waals surface area contributed by atoms with Crippen molar-refractivity contribution in [2.45, 2.75) is 25.3 Å². The maximum atomic E-state index is 13.8. The molecule has 0 heterocycles. The molecule has 2 bridgehead atoms. The van der Waals surface area contributed by atoms with Crippen molar-refractivity contribution in [3.05, 3.63) is 29.6 Å². The van der Waals surface area contributed by atoms with Crippen LogP contribution in [0.4, 0.5) is 4.39 Å². The van der Waals surface area contributed by atoms with Crippen LogP contribution in [0.1, 0.15) is 30.9 Å². The fourth-order valence-corrected chi connectivity index (χ4v) is 4.98. The molecule has 0 aromatic heterocycles. The van der Waals surface area contributed by atoms with Crippen molar-refractivity contribution in [1.82, 2.24) is 0 Å². The van der Waals surface area contributed by atoms with Gasteiger partial charge in [-0.1, -0.05) is 6.07 Å². The van der Waals surface area contributed by atoms with Gasteiger partial charge in [0.1, 0.15) is 0 Å². The molecule has 3 saturated carbocycles. The van der Waals surface area contributed by atoms with Crippen LogP contribution >= 0.6 is 0 Å². The Balaban J connectivity index is 1.56. The van der Waals surface area contributed by atoms with Crippen LogP contribution in [-0.2, 0) is 0 Å². The Morgan fingerprint density at radius 2 is 1.95 bits per heavy atom. The summed E-state index contributed by atoms with van der Waals surface area (Å²) >= 11 is 0. The van der Waals surface area contributed by atoms with E-state index in [1.165, 1.54) is 26.4 Å². The third-order valence-electron chi connectivity index (χ3n) is 5.77. The number of rotatable bonds is 3. The Morgan fingerprint density at radius 3 is 2.53 bits per heavy atom. The van der Waals surface area contributed by atoms with Gasteiger partial charge in [0.05, 0.1) is 7.11 Å². The maximum Gasteiger partial charge on any atom is 0.165 e. The van der Waals surface area contributed by atoms with Crippen molar-refractivity contribution >= 4 is 0 Å². The fraction of sp³-hybridized carbons (Fsp3) is 0.625. The lowest BCUT2D eigenvalue weighted by Gasteiger charge is -2.17. The van der Waals surface area contributed by atoms with Crippen LogP contribution in [0.5, 0.6) is 5.75 Å². The minimum atomic E-state index is -0.302. The van der Waals surface area contributed by atoms with Gasteiger partial charge in [-0.25, -0.2) is 4.39 Å². The molecule has 5 atom stereocenters. The van der Waals surface area contributed by atoms with E-state index in [1.54, 1.807) is 12.1 Å². The topological polar surface area (TPSA) is 35.2 Å². The second kappa shape index (κ2) is 3.95. The minimum absolute atomic E-state index is 0.00111. The highest BCUT2D eigenvalue weighted by atomic mass is 19.1. The lowest BCUT2D eigenvalue weighted by molar-refractivity contribution is 0.384. The van der Waals surface area contributed by atoms with Gasteiger partial charge in [-0.05, 0) is 66.5 Å². The van der Waals surface area contributed by atoms with Gasteiger partial charge in [-0.3, -0.25) is 0 Å². The monoisotopic (exact) mass is 261 g/mol.